The minimum absolute atomic E-state index is 0.0471. The number of rotatable bonds is 69. The average Bonchev–Trinajstić information content (AvgIpc) is 0.756. The molecular formula is C69H124O57S8. The average molecular weight is 2120 g/mol. The van der Waals surface area contributed by atoms with E-state index in [1.54, 1.807) is 0 Å². The van der Waals surface area contributed by atoms with Crippen molar-refractivity contribution in [3.05, 3.63) is 0 Å². The molecule has 790 valence electrons. The highest BCUT2D eigenvalue weighted by Gasteiger charge is 2.63. The second-order valence-electron chi connectivity index (χ2n) is 28.7. The molecule has 0 bridgehead atoms. The van der Waals surface area contributed by atoms with Crippen molar-refractivity contribution in [3.63, 3.8) is 0 Å². The maximum Gasteiger partial charge on any atom is 0.400 e. The number of hydrogen-bond acceptors (Lipinski definition) is 58. The van der Waals surface area contributed by atoms with E-state index in [0.29, 0.717) is 88.7 Å². The van der Waals surface area contributed by atoms with Crippen LogP contribution in [0.25, 0.3) is 0 Å². The van der Waals surface area contributed by atoms with E-state index in [4.69, 9.17) is 152 Å². The van der Waals surface area contributed by atoms with Crippen molar-refractivity contribution in [2.75, 3.05) is 238 Å². The lowest BCUT2D eigenvalue weighted by Gasteiger charge is -2.51. The Balaban J connectivity index is 1.41. The highest BCUT2D eigenvalue weighted by molar-refractivity contribution is 8.00. The number of methoxy groups -OCH3 is 9. The summed E-state index contributed by atoms with van der Waals surface area (Å²) in [6, 6.07) is 0. The number of ether oxygens (including phenoxy) is 26. The number of Topliss-reactive ketones (excluding diaryl/α,β-unsaturated/α-hetero) is 1. The fourth-order valence-corrected chi connectivity index (χ4v) is 17.3. The minimum atomic E-state index is -5.64. The molecule has 2 unspecified atom stereocenters. The van der Waals surface area contributed by atoms with E-state index in [-0.39, 0.29) is 76.4 Å². The third-order valence-electron chi connectivity index (χ3n) is 19.3. The lowest BCUT2D eigenvalue weighted by molar-refractivity contribution is -0.388. The van der Waals surface area contributed by atoms with Crippen molar-refractivity contribution in [2.24, 2.45) is 0 Å². The Morgan fingerprint density at radius 2 is 0.567 bits per heavy atom. The van der Waals surface area contributed by atoms with E-state index in [0.717, 1.165) is 62.6 Å². The molecular weight excluding hydrogens is 2000 g/mol. The maximum absolute atomic E-state index is 14.4. The molecule has 0 amide bonds. The molecule has 0 spiro atoms. The van der Waals surface area contributed by atoms with E-state index in [1.807, 2.05) is 11.8 Å². The third kappa shape index (κ3) is 39.3. The van der Waals surface area contributed by atoms with Crippen LogP contribution in [0, 0.1) is 0 Å². The Labute approximate surface area is 783 Å². The van der Waals surface area contributed by atoms with Gasteiger partial charge in [0.25, 0.3) is 0 Å². The summed E-state index contributed by atoms with van der Waals surface area (Å²) in [4.78, 5) is 41.2. The molecule has 5 aliphatic heterocycles. The highest BCUT2D eigenvalue weighted by atomic mass is 32.3. The van der Waals surface area contributed by atoms with Gasteiger partial charge in [-0.1, -0.05) is 20.8 Å². The number of ketones is 1. The summed E-state index contributed by atoms with van der Waals surface area (Å²) in [6.45, 7) is 6.07. The molecule has 25 atom stereocenters. The quantitative estimate of drug-likeness (QED) is 0.0409. The van der Waals surface area contributed by atoms with Crippen LogP contribution in [0.1, 0.15) is 33.6 Å². The van der Waals surface area contributed by atoms with Crippen molar-refractivity contribution in [1.82, 2.24) is 0 Å². The van der Waals surface area contributed by atoms with Crippen LogP contribution in [0.3, 0.4) is 0 Å². The van der Waals surface area contributed by atoms with Crippen molar-refractivity contribution in [3.8, 4) is 0 Å². The molecule has 0 radical (unpaired) electrons. The molecule has 5 saturated heterocycles. The molecule has 5 fully saturated rings. The lowest BCUT2D eigenvalue weighted by Crippen LogP contribution is -2.70. The maximum atomic E-state index is 14.4. The number of hydrogen-bond donors (Lipinski definition) is 0. The molecule has 0 saturated carbocycles. The number of carbonyl (C=O) groups is 3. The van der Waals surface area contributed by atoms with E-state index in [2.05, 4.69) is 50.1 Å². The van der Waals surface area contributed by atoms with Crippen molar-refractivity contribution in [2.45, 2.75) is 192 Å². The molecule has 5 heterocycles. The van der Waals surface area contributed by atoms with Crippen LogP contribution in [0.5, 0.6) is 0 Å². The van der Waals surface area contributed by atoms with E-state index in [9.17, 15) is 73.3 Å². The Kier molecular flexibility index (Phi) is 53.9. The molecule has 57 nitrogen and oxygen atoms in total. The third-order valence-corrected chi connectivity index (χ3v) is 26.5. The summed E-state index contributed by atoms with van der Waals surface area (Å²) >= 11 is 1.83. The van der Waals surface area contributed by atoms with Crippen LogP contribution >= 0.6 is 11.8 Å². The van der Waals surface area contributed by atoms with Crippen LogP contribution in [-0.4, -0.2) is 473 Å². The zero-order chi connectivity index (χ0) is 100. The first-order chi connectivity index (χ1) is 63.3. The van der Waals surface area contributed by atoms with Gasteiger partial charge in [0.1, 0.15) is 104 Å². The van der Waals surface area contributed by atoms with Gasteiger partial charge in [0.05, 0.1) is 170 Å². The van der Waals surface area contributed by atoms with E-state index >= 15 is 0 Å². The molecule has 0 aromatic rings. The summed E-state index contributed by atoms with van der Waals surface area (Å²) in [7, 11) is -23.8. The van der Waals surface area contributed by atoms with Gasteiger partial charge in [-0.05, 0) is 6.42 Å². The van der Waals surface area contributed by atoms with Crippen LogP contribution in [0.2, 0.25) is 0 Å². The van der Waals surface area contributed by atoms with Gasteiger partial charge in [-0.15, -0.1) is 0 Å². The summed E-state index contributed by atoms with van der Waals surface area (Å²) in [5, 5.41) is 0. The molecule has 0 N–H and O–H groups in total. The van der Waals surface area contributed by atoms with Gasteiger partial charge in [0.2, 0.25) is 0 Å². The van der Waals surface area contributed by atoms with Crippen LogP contribution in [-0.2, 0) is 269 Å². The van der Waals surface area contributed by atoms with Crippen molar-refractivity contribution in [1.29, 1.82) is 0 Å². The van der Waals surface area contributed by atoms with Crippen LogP contribution in [0.15, 0.2) is 0 Å². The SMILES string of the molecule is COC(=O)[C@H]1O[C@@H](OC2[C@@H](COS(=O)(=O)OC)O[C@H](O[C@H]3[C@H](OC)[C@@H](OC)[C@H](O[C@H]4[C@H](OS(=O)(=O)OC)[C@@H](OS(=O)(=O)OC)[C@@H](OC)O[C@@H]4COS(=O)(=O)OC)O[C@H]3C(=O)OC)[C@H](OS(=O)(=O)OC)[C@H]2OS(=O)(=O)OC)[C@H](OC)[C@@H](OC)[C@@H]1O[C@H]1O[C@H](COS(=O)(=O)OC)C(OCCOCCOCCOCCCC(=O)COCCOCCOCCOCCSC(C)(C)C)[C@H](OC)[C@H]1OC. The first kappa shape index (κ1) is 122. The standard InChI is InChI=1S/C69H124O57S8/c1-69(2,3)127-36-35-108-30-29-105-25-26-106-31-32-109-37-41(70)21-20-22-103-23-24-104-27-28-107-33-34-110-45-42(38-111-128(73,74)96-13)115-65(57(90-7)48(45)87-4)119-51-49(88-5)58(91-8)67(121-55(51)62(71)93-10)118-47-44(40-113-130(77,78)98-15)116-68(61(126-134(85,86)102-19)54(47)124-132(81,82)100-17)120-52-50(89-6)59(92-9)66(122-56(52)63(72)94-11)117-46-43(39-112-129(75,76)97-14)114-64(95-12)60(125-133(83,84)101-18)53(46)123-131(79,80)99-16/h42-61,64-68H,20-40H2,1-19H3/t42-,43-,44-,45?,46-,47?,48+,49+,50+,51+,52+,53+,54+,55+,56-,57-,58-,59-,60-,61-,64+,65-,66-,67-,68-/m1/s1. The highest BCUT2D eigenvalue weighted by Crippen LogP contribution is 2.43. The molecule has 5 rings (SSSR count). The molecule has 0 aliphatic carbocycles. The predicted molar refractivity (Wildman–Crippen MR) is 439 cm³/mol. The Hall–Kier alpha value is -2.91. The molecule has 0 aromatic carbocycles. The zero-order valence-corrected chi connectivity index (χ0v) is 83.4. The summed E-state index contributed by atoms with van der Waals surface area (Å²) in [5.41, 5.74) is 0. The monoisotopic (exact) mass is 2120 g/mol. The first-order valence-corrected chi connectivity index (χ1v) is 50.5. The van der Waals surface area contributed by atoms with Gasteiger partial charge in [0.15, 0.2) is 61.6 Å². The van der Waals surface area contributed by atoms with Gasteiger partial charge < -0.3 is 123 Å². The Bertz CT molecular complexity index is 4250. The number of thioether (sulfide) groups is 1. The van der Waals surface area contributed by atoms with Gasteiger partial charge >= 0.3 is 84.7 Å². The molecule has 134 heavy (non-hydrogen) atoms. The normalized spacial score (nSPS) is 30.0. The molecule has 5 aliphatic rings. The fourth-order valence-electron chi connectivity index (χ4n) is 13.1. The number of carbonyl (C=O) groups excluding carboxylic acids is 3. The van der Waals surface area contributed by atoms with Crippen molar-refractivity contribution >= 4 is 102 Å². The molecule has 0 aromatic heterocycles. The first-order valence-electron chi connectivity index (χ1n) is 40.2. The van der Waals surface area contributed by atoms with Gasteiger partial charge in [-0.3, -0.25) is 34.1 Å². The van der Waals surface area contributed by atoms with Gasteiger partial charge in [-0.2, -0.15) is 70.7 Å². The summed E-state index contributed by atoms with van der Waals surface area (Å²) in [5.74, 6) is -2.10. The smallest absolute Gasteiger partial charge is 0.400 e. The molecule has 65 heteroatoms. The fraction of sp³-hybridized carbons (Fsp3) is 0.957. The largest absolute Gasteiger partial charge is 0.467 e. The second kappa shape index (κ2) is 59.4. The van der Waals surface area contributed by atoms with Crippen LogP contribution < -0.4 is 0 Å². The summed E-state index contributed by atoms with van der Waals surface area (Å²) in [6.07, 6.45) is -53.3. The summed E-state index contributed by atoms with van der Waals surface area (Å²) < 4.78 is 407. The topological polar surface area (TPSA) is 659 Å². The van der Waals surface area contributed by atoms with E-state index < -0.39 is 258 Å². The van der Waals surface area contributed by atoms with Crippen LogP contribution in [0.4, 0.5) is 0 Å². The minimum Gasteiger partial charge on any atom is -0.467 e. The second-order valence-corrected chi connectivity index (χ2v) is 40.1. The number of esters is 2. The van der Waals surface area contributed by atoms with E-state index in [1.165, 1.54) is 14.2 Å². The van der Waals surface area contributed by atoms with Gasteiger partial charge in [0, 0.05) is 73.3 Å². The Morgan fingerprint density at radius 3 is 0.903 bits per heavy atom. The lowest BCUT2D eigenvalue weighted by atomic mass is 9.94. The zero-order valence-electron chi connectivity index (χ0n) is 76.8. The van der Waals surface area contributed by atoms with Crippen molar-refractivity contribution < 1.29 is 255 Å². The van der Waals surface area contributed by atoms with Gasteiger partial charge in [-0.25, -0.2) is 38.9 Å². The Morgan fingerprint density at radius 1 is 0.284 bits per heavy atom. The predicted octanol–water partition coefficient (Wildman–Crippen LogP) is -4.55.